The molecule has 0 bridgehead atoms. The van der Waals surface area contributed by atoms with E-state index in [4.69, 9.17) is 4.74 Å². The summed E-state index contributed by atoms with van der Waals surface area (Å²) in [7, 11) is 1.29. The Morgan fingerprint density at radius 3 is 2.56 bits per heavy atom. The third-order valence-electron chi connectivity index (χ3n) is 2.48. The molecule has 0 radical (unpaired) electrons. The number of halogens is 4. The average molecular weight is 266 g/mol. The Kier molecular flexibility index (Phi) is 4.95. The predicted molar refractivity (Wildman–Crippen MR) is 58.0 cm³/mol. The normalized spacial score (nSPS) is 13.4. The first kappa shape index (κ1) is 14.8. The van der Waals surface area contributed by atoms with Gasteiger partial charge in [-0.05, 0) is 18.1 Å². The zero-order chi connectivity index (χ0) is 13.8. The lowest BCUT2D eigenvalue weighted by Crippen LogP contribution is -2.17. The summed E-state index contributed by atoms with van der Waals surface area (Å²) < 4.78 is 54.2. The summed E-state index contributed by atoms with van der Waals surface area (Å²) in [5, 5.41) is 9.45. The smallest absolute Gasteiger partial charge is 0.389 e. The summed E-state index contributed by atoms with van der Waals surface area (Å²) in [5.74, 6) is -0.637. The highest BCUT2D eigenvalue weighted by Gasteiger charge is 2.28. The monoisotopic (exact) mass is 266 g/mol. The molecule has 1 unspecified atom stereocenters. The second-order valence-electron chi connectivity index (χ2n) is 3.95. The van der Waals surface area contributed by atoms with Crippen molar-refractivity contribution in [3.63, 3.8) is 0 Å². The molecule has 6 heteroatoms. The number of ether oxygens (including phenoxy) is 1. The van der Waals surface area contributed by atoms with Crippen molar-refractivity contribution in [2.75, 3.05) is 7.11 Å². The molecule has 18 heavy (non-hydrogen) atoms. The molecule has 0 aliphatic heterocycles. The number of aliphatic hydroxyl groups excluding tert-OH is 1. The molecule has 0 fully saturated rings. The Bertz CT molecular complexity index is 390. The molecule has 0 saturated heterocycles. The van der Waals surface area contributed by atoms with E-state index in [1.165, 1.54) is 25.3 Å². The van der Waals surface area contributed by atoms with Gasteiger partial charge in [-0.1, -0.05) is 12.1 Å². The molecular formula is C12H14F4O2. The summed E-state index contributed by atoms with van der Waals surface area (Å²) in [4.78, 5) is 0. The average Bonchev–Trinajstić information content (AvgIpc) is 2.28. The third kappa shape index (κ3) is 4.52. The number of methoxy groups -OCH3 is 1. The molecule has 0 aliphatic carbocycles. The molecule has 102 valence electrons. The summed E-state index contributed by atoms with van der Waals surface area (Å²) in [6, 6.07) is 4.34. The van der Waals surface area contributed by atoms with Crippen LogP contribution >= 0.6 is 0 Å². The largest absolute Gasteiger partial charge is 0.494 e. The Labute approximate surface area is 102 Å². The first-order valence-electron chi connectivity index (χ1n) is 5.39. The molecule has 1 atom stereocenters. The van der Waals surface area contributed by atoms with Crippen LogP contribution in [0.5, 0.6) is 5.75 Å². The highest BCUT2D eigenvalue weighted by atomic mass is 19.4. The van der Waals surface area contributed by atoms with Gasteiger partial charge in [0.15, 0.2) is 11.6 Å². The van der Waals surface area contributed by atoms with Gasteiger partial charge in [0.2, 0.25) is 0 Å². The van der Waals surface area contributed by atoms with Crippen LogP contribution in [0, 0.1) is 5.82 Å². The highest BCUT2D eigenvalue weighted by molar-refractivity contribution is 5.31. The van der Waals surface area contributed by atoms with E-state index in [0.717, 1.165) is 0 Å². The van der Waals surface area contributed by atoms with Crippen molar-refractivity contribution in [3.8, 4) is 5.75 Å². The molecule has 1 rings (SSSR count). The van der Waals surface area contributed by atoms with Crippen molar-refractivity contribution >= 4 is 0 Å². The van der Waals surface area contributed by atoms with Crippen molar-refractivity contribution in [1.82, 2.24) is 0 Å². The van der Waals surface area contributed by atoms with Gasteiger partial charge in [-0.15, -0.1) is 0 Å². The van der Waals surface area contributed by atoms with E-state index < -0.39 is 30.9 Å². The van der Waals surface area contributed by atoms with Crippen molar-refractivity contribution < 1.29 is 27.4 Å². The van der Waals surface area contributed by atoms with Crippen LogP contribution in [0.25, 0.3) is 0 Å². The van der Waals surface area contributed by atoms with E-state index in [0.29, 0.717) is 0 Å². The molecule has 0 spiro atoms. The van der Waals surface area contributed by atoms with E-state index >= 15 is 0 Å². The van der Waals surface area contributed by atoms with Gasteiger partial charge in [-0.25, -0.2) is 4.39 Å². The van der Waals surface area contributed by atoms with Crippen LogP contribution in [0.4, 0.5) is 17.6 Å². The minimum absolute atomic E-state index is 0.00974. The van der Waals surface area contributed by atoms with Gasteiger partial charge < -0.3 is 9.84 Å². The lowest BCUT2D eigenvalue weighted by Gasteiger charge is -2.13. The Balaban J connectivity index is 2.62. The summed E-state index contributed by atoms with van der Waals surface area (Å²) in [6.07, 6.45) is -7.24. The van der Waals surface area contributed by atoms with Crippen molar-refractivity contribution in [2.45, 2.75) is 31.5 Å². The zero-order valence-corrected chi connectivity index (χ0v) is 9.80. The molecule has 2 nitrogen and oxygen atoms in total. The number of hydrogen-bond acceptors (Lipinski definition) is 2. The predicted octanol–water partition coefficient (Wildman–Crippen LogP) is 3.08. The zero-order valence-electron chi connectivity index (χ0n) is 9.80. The van der Waals surface area contributed by atoms with E-state index in [9.17, 15) is 22.7 Å². The van der Waals surface area contributed by atoms with Crippen LogP contribution in [-0.4, -0.2) is 24.5 Å². The summed E-state index contributed by atoms with van der Waals surface area (Å²) >= 11 is 0. The number of alkyl halides is 3. The molecule has 0 aliphatic rings. The van der Waals surface area contributed by atoms with Crippen LogP contribution in [0.2, 0.25) is 0 Å². The van der Waals surface area contributed by atoms with Crippen molar-refractivity contribution in [3.05, 3.63) is 29.6 Å². The number of rotatable bonds is 5. The maximum absolute atomic E-state index is 13.6. The third-order valence-corrected chi connectivity index (χ3v) is 2.48. The standard InChI is InChI=1S/C12H14F4O2/c1-18-10-4-2-3-8(11(10)13)7-9(17)5-6-12(14,15)16/h2-4,9,17H,5-7H2,1H3. The maximum atomic E-state index is 13.6. The van der Waals surface area contributed by atoms with E-state index in [2.05, 4.69) is 0 Å². The van der Waals surface area contributed by atoms with Gasteiger partial charge >= 0.3 is 6.18 Å². The van der Waals surface area contributed by atoms with Gasteiger partial charge in [-0.2, -0.15) is 13.2 Å². The lowest BCUT2D eigenvalue weighted by atomic mass is 10.0. The Hall–Kier alpha value is -1.30. The van der Waals surface area contributed by atoms with Gasteiger partial charge in [0, 0.05) is 12.8 Å². The minimum atomic E-state index is -4.31. The fourth-order valence-electron chi connectivity index (χ4n) is 1.56. The second-order valence-corrected chi connectivity index (χ2v) is 3.95. The van der Waals surface area contributed by atoms with E-state index in [-0.39, 0.29) is 17.7 Å². The van der Waals surface area contributed by atoms with Gasteiger partial charge in [0.05, 0.1) is 13.2 Å². The molecular weight excluding hydrogens is 252 g/mol. The first-order chi connectivity index (χ1) is 8.33. The van der Waals surface area contributed by atoms with Crippen LogP contribution in [0.1, 0.15) is 18.4 Å². The van der Waals surface area contributed by atoms with Gasteiger partial charge in [-0.3, -0.25) is 0 Å². The number of hydrogen-bond donors (Lipinski definition) is 1. The molecule has 0 saturated carbocycles. The Morgan fingerprint density at radius 1 is 1.33 bits per heavy atom. The molecule has 0 aromatic heterocycles. The van der Waals surface area contributed by atoms with Crippen LogP contribution < -0.4 is 4.74 Å². The number of aliphatic hydroxyl groups is 1. The molecule has 0 heterocycles. The molecule has 1 aromatic rings. The summed E-state index contributed by atoms with van der Waals surface area (Å²) in [6.45, 7) is 0. The van der Waals surface area contributed by atoms with Crippen molar-refractivity contribution in [1.29, 1.82) is 0 Å². The number of benzene rings is 1. The topological polar surface area (TPSA) is 29.5 Å². The van der Waals surface area contributed by atoms with E-state index in [1.54, 1.807) is 0 Å². The van der Waals surface area contributed by atoms with Gasteiger partial charge in [0.25, 0.3) is 0 Å². The summed E-state index contributed by atoms with van der Waals surface area (Å²) in [5.41, 5.74) is 0.143. The quantitative estimate of drug-likeness (QED) is 0.830. The maximum Gasteiger partial charge on any atom is 0.389 e. The Morgan fingerprint density at radius 2 is 2.00 bits per heavy atom. The minimum Gasteiger partial charge on any atom is -0.494 e. The SMILES string of the molecule is COc1cccc(CC(O)CCC(F)(F)F)c1F. The van der Waals surface area contributed by atoms with Gasteiger partial charge in [0.1, 0.15) is 0 Å². The molecule has 1 aromatic carbocycles. The molecule has 1 N–H and O–H groups in total. The van der Waals surface area contributed by atoms with Crippen LogP contribution in [0.3, 0.4) is 0 Å². The first-order valence-corrected chi connectivity index (χ1v) is 5.39. The highest BCUT2D eigenvalue weighted by Crippen LogP contribution is 2.25. The fraction of sp³-hybridized carbons (Fsp3) is 0.500. The lowest BCUT2D eigenvalue weighted by molar-refractivity contribution is -0.139. The van der Waals surface area contributed by atoms with Crippen LogP contribution in [0.15, 0.2) is 18.2 Å². The second kappa shape index (κ2) is 6.04. The van der Waals surface area contributed by atoms with Crippen LogP contribution in [-0.2, 0) is 6.42 Å². The van der Waals surface area contributed by atoms with Crippen molar-refractivity contribution in [2.24, 2.45) is 0 Å². The molecule has 0 amide bonds. The fourth-order valence-corrected chi connectivity index (χ4v) is 1.56. The van der Waals surface area contributed by atoms with E-state index in [1.807, 2.05) is 0 Å².